The molecule has 0 amide bonds. The van der Waals surface area contributed by atoms with Crippen molar-refractivity contribution in [1.82, 2.24) is 10.3 Å². The first-order valence-corrected chi connectivity index (χ1v) is 6.54. The number of nitrogens with zero attached hydrogens (tertiary/aromatic N) is 1. The zero-order valence-corrected chi connectivity index (χ0v) is 10.7. The predicted molar refractivity (Wildman–Crippen MR) is 69.2 cm³/mol. The lowest BCUT2D eigenvalue weighted by Gasteiger charge is -2.26. The van der Waals surface area contributed by atoms with E-state index >= 15 is 0 Å². The van der Waals surface area contributed by atoms with Crippen molar-refractivity contribution in [2.75, 3.05) is 0 Å². The fourth-order valence-electron chi connectivity index (χ4n) is 2.49. The molecule has 1 aliphatic rings. The van der Waals surface area contributed by atoms with Gasteiger partial charge in [-0.1, -0.05) is 6.07 Å². The number of rotatable bonds is 4. The molecule has 1 heterocycles. The highest BCUT2D eigenvalue weighted by Crippen LogP contribution is 2.24. The minimum atomic E-state index is -0.645. The Labute approximate surface area is 107 Å². The summed E-state index contributed by atoms with van der Waals surface area (Å²) in [4.78, 5) is 15.3. The molecule has 0 spiro atoms. The second kappa shape index (κ2) is 5.96. The van der Waals surface area contributed by atoms with Crippen molar-refractivity contribution in [2.24, 2.45) is 5.92 Å². The van der Waals surface area contributed by atoms with Crippen molar-refractivity contribution >= 4 is 5.97 Å². The van der Waals surface area contributed by atoms with E-state index in [0.29, 0.717) is 6.04 Å². The van der Waals surface area contributed by atoms with Crippen molar-refractivity contribution in [1.29, 1.82) is 0 Å². The Bertz CT molecular complexity index is 412. The third-order valence-corrected chi connectivity index (χ3v) is 3.59. The minimum Gasteiger partial charge on any atom is -0.481 e. The molecule has 0 radical (unpaired) electrons. The molecule has 1 aliphatic carbocycles. The summed E-state index contributed by atoms with van der Waals surface area (Å²) in [6.45, 7) is 2.76. The van der Waals surface area contributed by atoms with Gasteiger partial charge in [0.2, 0.25) is 0 Å². The van der Waals surface area contributed by atoms with Crippen molar-refractivity contribution < 1.29 is 9.90 Å². The average molecular weight is 248 g/mol. The molecule has 98 valence electrons. The van der Waals surface area contributed by atoms with Crippen LogP contribution in [-0.2, 0) is 11.3 Å². The third kappa shape index (κ3) is 3.53. The highest BCUT2D eigenvalue weighted by atomic mass is 16.4. The zero-order chi connectivity index (χ0) is 13.0. The molecule has 0 unspecified atom stereocenters. The Kier molecular flexibility index (Phi) is 4.31. The molecule has 0 bridgehead atoms. The van der Waals surface area contributed by atoms with Crippen LogP contribution in [0.5, 0.6) is 0 Å². The van der Waals surface area contributed by atoms with E-state index in [1.54, 1.807) is 0 Å². The lowest BCUT2D eigenvalue weighted by atomic mass is 9.86. The van der Waals surface area contributed by atoms with E-state index in [2.05, 4.69) is 10.3 Å². The van der Waals surface area contributed by atoms with Gasteiger partial charge in [0.1, 0.15) is 0 Å². The van der Waals surface area contributed by atoms with Crippen molar-refractivity contribution in [2.45, 2.75) is 45.2 Å². The predicted octanol–water partition coefficient (Wildman–Crippen LogP) is 2.12. The summed E-state index contributed by atoms with van der Waals surface area (Å²) in [5.41, 5.74) is 2.08. The SMILES string of the molecule is Cc1cccc(CNC2CCC(C(=O)O)CC2)n1. The van der Waals surface area contributed by atoms with Crippen LogP contribution in [0.2, 0.25) is 0 Å². The average Bonchev–Trinajstić information content (AvgIpc) is 2.37. The number of aliphatic carboxylic acids is 1. The molecule has 4 nitrogen and oxygen atoms in total. The molecule has 18 heavy (non-hydrogen) atoms. The number of carboxylic acid groups (broad SMARTS) is 1. The normalized spacial score (nSPS) is 23.8. The topological polar surface area (TPSA) is 62.2 Å². The molecular weight excluding hydrogens is 228 g/mol. The summed E-state index contributed by atoms with van der Waals surface area (Å²) in [5, 5.41) is 12.4. The summed E-state index contributed by atoms with van der Waals surface area (Å²) in [6, 6.07) is 6.45. The van der Waals surface area contributed by atoms with E-state index in [1.807, 2.05) is 25.1 Å². The molecule has 0 atom stereocenters. The highest BCUT2D eigenvalue weighted by molar-refractivity contribution is 5.70. The lowest BCUT2D eigenvalue weighted by molar-refractivity contribution is -0.142. The van der Waals surface area contributed by atoms with Gasteiger partial charge >= 0.3 is 5.97 Å². The summed E-state index contributed by atoms with van der Waals surface area (Å²) in [5.74, 6) is -0.783. The minimum absolute atomic E-state index is 0.139. The maximum Gasteiger partial charge on any atom is 0.306 e. The molecule has 1 aromatic rings. The number of hydrogen-bond acceptors (Lipinski definition) is 3. The summed E-state index contributed by atoms with van der Waals surface area (Å²) >= 11 is 0. The van der Waals surface area contributed by atoms with Crippen LogP contribution in [0.15, 0.2) is 18.2 Å². The summed E-state index contributed by atoms with van der Waals surface area (Å²) in [7, 11) is 0. The molecule has 1 fully saturated rings. The number of aromatic nitrogens is 1. The van der Waals surface area contributed by atoms with E-state index in [-0.39, 0.29) is 5.92 Å². The van der Waals surface area contributed by atoms with Gasteiger partial charge in [0, 0.05) is 18.3 Å². The van der Waals surface area contributed by atoms with Crippen molar-refractivity contribution in [3.05, 3.63) is 29.6 Å². The van der Waals surface area contributed by atoms with E-state index in [1.165, 1.54) is 0 Å². The van der Waals surface area contributed by atoms with Crippen LogP contribution < -0.4 is 5.32 Å². The Morgan fingerprint density at radius 3 is 2.72 bits per heavy atom. The van der Waals surface area contributed by atoms with Crippen LogP contribution in [0.25, 0.3) is 0 Å². The largest absolute Gasteiger partial charge is 0.481 e. The molecule has 1 saturated carbocycles. The second-order valence-electron chi connectivity index (χ2n) is 5.04. The standard InChI is InChI=1S/C14H20N2O2/c1-10-3-2-4-13(16-10)9-15-12-7-5-11(6-8-12)14(17)18/h2-4,11-12,15H,5-9H2,1H3,(H,17,18). The number of aryl methyl sites for hydroxylation is 1. The monoisotopic (exact) mass is 248 g/mol. The molecular formula is C14H20N2O2. The van der Waals surface area contributed by atoms with Gasteiger partial charge in [0.05, 0.1) is 11.6 Å². The van der Waals surface area contributed by atoms with Gasteiger partial charge in [-0.2, -0.15) is 0 Å². The first-order valence-electron chi connectivity index (χ1n) is 6.54. The maximum absolute atomic E-state index is 10.8. The third-order valence-electron chi connectivity index (χ3n) is 3.59. The van der Waals surface area contributed by atoms with Crippen LogP contribution in [0.3, 0.4) is 0 Å². The smallest absolute Gasteiger partial charge is 0.306 e. The molecule has 2 N–H and O–H groups in total. The van der Waals surface area contributed by atoms with E-state index < -0.39 is 5.97 Å². The maximum atomic E-state index is 10.8. The van der Waals surface area contributed by atoms with Crippen molar-refractivity contribution in [3.8, 4) is 0 Å². The number of carboxylic acids is 1. The van der Waals surface area contributed by atoms with Gasteiger partial charge in [0.25, 0.3) is 0 Å². The molecule has 0 aliphatic heterocycles. The van der Waals surface area contributed by atoms with E-state index in [9.17, 15) is 4.79 Å². The van der Waals surface area contributed by atoms with Crippen LogP contribution in [0.4, 0.5) is 0 Å². The number of pyridine rings is 1. The van der Waals surface area contributed by atoms with E-state index in [4.69, 9.17) is 5.11 Å². The molecule has 0 saturated heterocycles. The summed E-state index contributed by atoms with van der Waals surface area (Å²) < 4.78 is 0. The fraction of sp³-hybridized carbons (Fsp3) is 0.571. The van der Waals surface area contributed by atoms with Gasteiger partial charge in [0.15, 0.2) is 0 Å². The number of carbonyl (C=O) groups is 1. The van der Waals surface area contributed by atoms with E-state index in [0.717, 1.165) is 43.6 Å². The number of hydrogen-bond donors (Lipinski definition) is 2. The molecule has 1 aromatic heterocycles. The Hall–Kier alpha value is -1.42. The number of nitrogens with one attached hydrogen (secondary N) is 1. The van der Waals surface area contributed by atoms with Crippen molar-refractivity contribution in [3.63, 3.8) is 0 Å². The van der Waals surface area contributed by atoms with Crippen LogP contribution in [0, 0.1) is 12.8 Å². The quantitative estimate of drug-likeness (QED) is 0.856. The molecule has 4 heteroatoms. The van der Waals surface area contributed by atoms with Gasteiger partial charge < -0.3 is 10.4 Å². The van der Waals surface area contributed by atoms with Crippen LogP contribution >= 0.6 is 0 Å². The fourth-order valence-corrected chi connectivity index (χ4v) is 2.49. The first-order chi connectivity index (χ1) is 8.65. The van der Waals surface area contributed by atoms with Gasteiger partial charge in [-0.05, 0) is 44.7 Å². The van der Waals surface area contributed by atoms with Crippen LogP contribution in [0.1, 0.15) is 37.1 Å². The zero-order valence-electron chi connectivity index (χ0n) is 10.7. The van der Waals surface area contributed by atoms with Gasteiger partial charge in [-0.15, -0.1) is 0 Å². The molecule has 0 aromatic carbocycles. The van der Waals surface area contributed by atoms with Gasteiger partial charge in [-0.25, -0.2) is 0 Å². The molecule has 2 rings (SSSR count). The lowest BCUT2D eigenvalue weighted by Crippen LogP contribution is -2.34. The second-order valence-corrected chi connectivity index (χ2v) is 5.04. The van der Waals surface area contributed by atoms with Crippen LogP contribution in [-0.4, -0.2) is 22.1 Å². The summed E-state index contributed by atoms with van der Waals surface area (Å²) in [6.07, 6.45) is 3.47. The Morgan fingerprint density at radius 2 is 2.11 bits per heavy atom. The Balaban J connectivity index is 1.77. The van der Waals surface area contributed by atoms with Gasteiger partial charge in [-0.3, -0.25) is 9.78 Å². The Morgan fingerprint density at radius 1 is 1.39 bits per heavy atom. The highest BCUT2D eigenvalue weighted by Gasteiger charge is 2.25. The first kappa shape index (κ1) is 13.0.